The SMILES string of the molecule is CC(C)CCCC(O)C1OCCc2ccccc21. The van der Waals surface area contributed by atoms with Crippen molar-refractivity contribution in [2.24, 2.45) is 5.92 Å². The molecular weight excluding hydrogens is 224 g/mol. The number of hydrogen-bond acceptors (Lipinski definition) is 2. The first kappa shape index (κ1) is 13.6. The van der Waals surface area contributed by atoms with E-state index in [1.165, 1.54) is 17.5 Å². The van der Waals surface area contributed by atoms with Crippen molar-refractivity contribution in [3.63, 3.8) is 0 Å². The molecule has 0 fully saturated rings. The van der Waals surface area contributed by atoms with Crippen molar-refractivity contribution >= 4 is 0 Å². The van der Waals surface area contributed by atoms with Gasteiger partial charge in [0.25, 0.3) is 0 Å². The van der Waals surface area contributed by atoms with Crippen LogP contribution in [0, 0.1) is 5.92 Å². The van der Waals surface area contributed by atoms with E-state index in [2.05, 4.69) is 32.0 Å². The summed E-state index contributed by atoms with van der Waals surface area (Å²) in [5, 5.41) is 10.3. The maximum Gasteiger partial charge on any atom is 0.109 e. The van der Waals surface area contributed by atoms with Gasteiger partial charge in [0.2, 0.25) is 0 Å². The van der Waals surface area contributed by atoms with E-state index in [4.69, 9.17) is 4.74 Å². The van der Waals surface area contributed by atoms with E-state index in [1.54, 1.807) is 0 Å². The van der Waals surface area contributed by atoms with Gasteiger partial charge in [0.15, 0.2) is 0 Å². The zero-order valence-electron chi connectivity index (χ0n) is 11.4. The predicted molar refractivity (Wildman–Crippen MR) is 73.5 cm³/mol. The Morgan fingerprint density at radius 2 is 2.06 bits per heavy atom. The molecule has 1 aromatic carbocycles. The first-order chi connectivity index (χ1) is 8.68. The Hall–Kier alpha value is -0.860. The average Bonchev–Trinajstić information content (AvgIpc) is 2.37. The molecule has 2 heteroatoms. The maximum absolute atomic E-state index is 10.3. The fourth-order valence-corrected chi connectivity index (χ4v) is 2.63. The Morgan fingerprint density at radius 1 is 1.28 bits per heavy atom. The van der Waals surface area contributed by atoms with Gasteiger partial charge in [-0.2, -0.15) is 0 Å². The smallest absolute Gasteiger partial charge is 0.109 e. The lowest BCUT2D eigenvalue weighted by molar-refractivity contribution is -0.0505. The Labute approximate surface area is 110 Å². The fourth-order valence-electron chi connectivity index (χ4n) is 2.63. The molecule has 2 rings (SSSR count). The molecule has 2 atom stereocenters. The van der Waals surface area contributed by atoms with Crippen molar-refractivity contribution in [1.29, 1.82) is 0 Å². The highest BCUT2D eigenvalue weighted by Crippen LogP contribution is 2.31. The van der Waals surface area contributed by atoms with E-state index in [-0.39, 0.29) is 12.2 Å². The maximum atomic E-state index is 10.3. The van der Waals surface area contributed by atoms with E-state index in [9.17, 15) is 5.11 Å². The lowest BCUT2D eigenvalue weighted by atomic mass is 9.92. The van der Waals surface area contributed by atoms with E-state index < -0.39 is 0 Å². The Morgan fingerprint density at radius 3 is 2.83 bits per heavy atom. The van der Waals surface area contributed by atoms with Gasteiger partial charge in [-0.3, -0.25) is 0 Å². The summed E-state index contributed by atoms with van der Waals surface area (Å²) in [4.78, 5) is 0. The molecule has 0 spiro atoms. The van der Waals surface area contributed by atoms with Crippen molar-refractivity contribution in [3.05, 3.63) is 35.4 Å². The molecule has 1 aliphatic rings. The van der Waals surface area contributed by atoms with Gasteiger partial charge in [-0.15, -0.1) is 0 Å². The Kier molecular flexibility index (Phi) is 4.79. The van der Waals surface area contributed by atoms with Crippen LogP contribution in [-0.2, 0) is 11.2 Å². The van der Waals surface area contributed by atoms with Crippen LogP contribution in [0.5, 0.6) is 0 Å². The quantitative estimate of drug-likeness (QED) is 0.864. The molecular formula is C16H24O2. The average molecular weight is 248 g/mol. The number of aliphatic hydroxyl groups excluding tert-OH is 1. The number of rotatable bonds is 5. The van der Waals surface area contributed by atoms with E-state index in [0.29, 0.717) is 5.92 Å². The zero-order chi connectivity index (χ0) is 13.0. The highest BCUT2D eigenvalue weighted by molar-refractivity contribution is 5.31. The minimum Gasteiger partial charge on any atom is -0.390 e. The lowest BCUT2D eigenvalue weighted by Crippen LogP contribution is -2.27. The van der Waals surface area contributed by atoms with Gasteiger partial charge in [-0.1, -0.05) is 51.0 Å². The number of aliphatic hydroxyl groups is 1. The molecule has 0 aliphatic carbocycles. The molecule has 1 N–H and O–H groups in total. The zero-order valence-corrected chi connectivity index (χ0v) is 11.4. The second kappa shape index (κ2) is 6.35. The van der Waals surface area contributed by atoms with E-state index in [1.807, 2.05) is 6.07 Å². The van der Waals surface area contributed by atoms with Crippen molar-refractivity contribution in [2.45, 2.75) is 51.7 Å². The fraction of sp³-hybridized carbons (Fsp3) is 0.625. The van der Waals surface area contributed by atoms with Gasteiger partial charge in [0, 0.05) is 0 Å². The Balaban J connectivity index is 1.97. The predicted octanol–water partition coefficient (Wildman–Crippen LogP) is 3.49. The largest absolute Gasteiger partial charge is 0.390 e. The van der Waals surface area contributed by atoms with Crippen molar-refractivity contribution in [1.82, 2.24) is 0 Å². The second-order valence-electron chi connectivity index (χ2n) is 5.63. The highest BCUT2D eigenvalue weighted by Gasteiger charge is 2.26. The van der Waals surface area contributed by atoms with E-state index in [0.717, 1.165) is 25.9 Å². The summed E-state index contributed by atoms with van der Waals surface area (Å²) in [6, 6.07) is 8.32. The number of ether oxygens (including phenoxy) is 1. The topological polar surface area (TPSA) is 29.5 Å². The molecule has 18 heavy (non-hydrogen) atoms. The van der Waals surface area contributed by atoms with Crippen LogP contribution in [0.1, 0.15) is 50.3 Å². The van der Waals surface area contributed by atoms with Crippen molar-refractivity contribution < 1.29 is 9.84 Å². The van der Waals surface area contributed by atoms with Gasteiger partial charge in [-0.05, 0) is 29.9 Å². The monoisotopic (exact) mass is 248 g/mol. The van der Waals surface area contributed by atoms with Gasteiger partial charge < -0.3 is 9.84 Å². The number of hydrogen-bond donors (Lipinski definition) is 1. The van der Waals surface area contributed by atoms with Crippen molar-refractivity contribution in [2.75, 3.05) is 6.61 Å². The molecule has 1 aromatic rings. The minimum absolute atomic E-state index is 0.123. The first-order valence-electron chi connectivity index (χ1n) is 7.06. The molecule has 0 bridgehead atoms. The molecule has 1 heterocycles. The number of fused-ring (bicyclic) bond motifs is 1. The van der Waals surface area contributed by atoms with Crippen LogP contribution in [-0.4, -0.2) is 17.8 Å². The third kappa shape index (κ3) is 3.33. The second-order valence-corrected chi connectivity index (χ2v) is 5.63. The molecule has 0 aromatic heterocycles. The summed E-state index contributed by atoms with van der Waals surface area (Å²) >= 11 is 0. The summed E-state index contributed by atoms with van der Waals surface area (Å²) in [7, 11) is 0. The van der Waals surface area contributed by atoms with Crippen LogP contribution in [0.25, 0.3) is 0 Å². The highest BCUT2D eigenvalue weighted by atomic mass is 16.5. The van der Waals surface area contributed by atoms with Crippen LogP contribution in [0.2, 0.25) is 0 Å². The van der Waals surface area contributed by atoms with Crippen LogP contribution < -0.4 is 0 Å². The molecule has 1 aliphatic heterocycles. The summed E-state index contributed by atoms with van der Waals surface area (Å²) in [5.74, 6) is 0.705. The summed E-state index contributed by atoms with van der Waals surface area (Å²) in [5.41, 5.74) is 2.51. The summed E-state index contributed by atoms with van der Waals surface area (Å²) in [6.45, 7) is 5.17. The van der Waals surface area contributed by atoms with Crippen LogP contribution in [0.3, 0.4) is 0 Å². The van der Waals surface area contributed by atoms with Crippen LogP contribution >= 0.6 is 0 Å². The van der Waals surface area contributed by atoms with Gasteiger partial charge in [-0.25, -0.2) is 0 Å². The van der Waals surface area contributed by atoms with Crippen LogP contribution in [0.15, 0.2) is 24.3 Å². The molecule has 0 saturated carbocycles. The standard InChI is InChI=1S/C16H24O2/c1-12(2)6-5-9-15(17)16-14-8-4-3-7-13(14)10-11-18-16/h3-4,7-8,12,15-17H,5-6,9-11H2,1-2H3. The molecule has 2 nitrogen and oxygen atoms in total. The molecule has 2 unspecified atom stereocenters. The Bertz CT molecular complexity index is 373. The normalized spacial score (nSPS) is 20.8. The number of benzene rings is 1. The lowest BCUT2D eigenvalue weighted by Gasteiger charge is -2.29. The van der Waals surface area contributed by atoms with E-state index >= 15 is 0 Å². The van der Waals surface area contributed by atoms with Crippen molar-refractivity contribution in [3.8, 4) is 0 Å². The third-order valence-corrected chi connectivity index (χ3v) is 3.66. The molecule has 100 valence electrons. The van der Waals surface area contributed by atoms with Crippen LogP contribution in [0.4, 0.5) is 0 Å². The first-order valence-corrected chi connectivity index (χ1v) is 7.06. The van der Waals surface area contributed by atoms with Gasteiger partial charge in [0.1, 0.15) is 6.10 Å². The third-order valence-electron chi connectivity index (χ3n) is 3.66. The molecule has 0 radical (unpaired) electrons. The summed E-state index contributed by atoms with van der Waals surface area (Å²) in [6.07, 6.45) is 3.54. The molecule has 0 amide bonds. The summed E-state index contributed by atoms with van der Waals surface area (Å²) < 4.78 is 5.77. The molecule has 0 saturated heterocycles. The minimum atomic E-state index is -0.370. The van der Waals surface area contributed by atoms with Gasteiger partial charge in [0.05, 0.1) is 12.7 Å². The van der Waals surface area contributed by atoms with Gasteiger partial charge >= 0.3 is 0 Å².